The van der Waals surface area contributed by atoms with E-state index >= 15 is 0 Å². The van der Waals surface area contributed by atoms with Crippen LogP contribution in [0, 0.1) is 5.92 Å². The summed E-state index contributed by atoms with van der Waals surface area (Å²) < 4.78 is 0. The van der Waals surface area contributed by atoms with E-state index < -0.39 is 7.26 Å². The Morgan fingerprint density at radius 1 is 0.514 bits per heavy atom. The molecule has 0 aliphatic carbocycles. The van der Waals surface area contributed by atoms with Crippen molar-refractivity contribution in [3.63, 3.8) is 0 Å². The first-order valence-corrected chi connectivity index (χ1v) is 23.4. The van der Waals surface area contributed by atoms with E-state index in [4.69, 9.17) is 0 Å². The number of unbranched alkanes of at least 4 members (excludes halogenated alkanes) is 2. The predicted octanol–water partition coefficient (Wildman–Crippen LogP) is 11.1. The SMILES string of the molecule is CC(C)(C)[PH3+].CC(C)C[PH3+].CCCC[PH3+].CCCC[PH3+].CCC[P+](CCC)(CCC)CCC.CCC[PH3+]. The van der Waals surface area contributed by atoms with Crippen molar-refractivity contribution in [3.8, 4) is 0 Å². The summed E-state index contributed by atoms with van der Waals surface area (Å²) in [5.74, 6) is 0.897. The Hall–Kier alpha value is 2.58. The van der Waals surface area contributed by atoms with Gasteiger partial charge < -0.3 is 0 Å². The summed E-state index contributed by atoms with van der Waals surface area (Å²) in [6.07, 6.45) is 24.1. The Morgan fingerprint density at radius 3 is 0.784 bits per heavy atom. The summed E-state index contributed by atoms with van der Waals surface area (Å²) in [5.41, 5.74) is 0. The van der Waals surface area contributed by atoms with Crippen LogP contribution in [0.4, 0.5) is 0 Å². The molecule has 0 spiro atoms. The van der Waals surface area contributed by atoms with E-state index in [9.17, 15) is 0 Å². The lowest BCUT2D eigenvalue weighted by atomic mass is 10.3. The van der Waals surface area contributed by atoms with E-state index in [0.29, 0.717) is 5.16 Å². The van der Waals surface area contributed by atoms with Gasteiger partial charge in [0.2, 0.25) is 0 Å². The van der Waals surface area contributed by atoms with Gasteiger partial charge >= 0.3 is 0 Å². The summed E-state index contributed by atoms with van der Waals surface area (Å²) >= 11 is 0. The second kappa shape index (κ2) is 45.6. The van der Waals surface area contributed by atoms with Crippen LogP contribution in [-0.2, 0) is 0 Å². The Bertz CT molecular complexity index is 283. The average molecular weight is 645 g/mol. The van der Waals surface area contributed by atoms with Crippen LogP contribution in [0.1, 0.15) is 141 Å². The molecule has 0 heterocycles. The van der Waals surface area contributed by atoms with E-state index in [0.717, 1.165) is 5.92 Å². The monoisotopic (exact) mass is 645 g/mol. The summed E-state index contributed by atoms with van der Waals surface area (Å²) in [6, 6.07) is 0. The zero-order valence-corrected chi connectivity index (χ0v) is 37.0. The third kappa shape index (κ3) is 78.9. The number of rotatable bonds is 14. The summed E-state index contributed by atoms with van der Waals surface area (Å²) in [5, 5.41) is 0.528. The standard InChI is InChI=1S/C12H28P.4C4H11P.C3H9P/c1-5-9-13(10-6-2,11-7-3)12-8-4;1-4(2,3)5;1-4(2)3-5;2*1-2-3-4-5;1-2-3-4/h5-12H2,1-4H3;5H2,1-3H3;4H,3,5H2,1-2H3;2*2-5H2,1H3;2-4H2,1H3/q+1;;;;;/p+5. The predicted molar refractivity (Wildman–Crippen MR) is 217 cm³/mol. The Morgan fingerprint density at radius 2 is 0.730 bits per heavy atom. The van der Waals surface area contributed by atoms with Crippen molar-refractivity contribution in [3.05, 3.63) is 0 Å². The molecule has 0 aliphatic heterocycles. The largest absolute Gasteiger partial charge is 0.0652 e. The minimum atomic E-state index is -0.496. The molecule has 0 saturated heterocycles. The van der Waals surface area contributed by atoms with E-state index in [1.807, 2.05) is 46.2 Å². The molecule has 0 aliphatic rings. The van der Waals surface area contributed by atoms with E-state index in [1.54, 1.807) is 24.6 Å². The van der Waals surface area contributed by atoms with Crippen molar-refractivity contribution in [2.24, 2.45) is 5.92 Å². The first-order chi connectivity index (χ1) is 17.3. The van der Waals surface area contributed by atoms with Crippen molar-refractivity contribution < 1.29 is 0 Å². The highest BCUT2D eigenvalue weighted by atomic mass is 31.2. The molecule has 0 radical (unpaired) electrons. The molecule has 0 N–H and O–H groups in total. The van der Waals surface area contributed by atoms with Crippen LogP contribution in [0.5, 0.6) is 0 Å². The smallest absolute Gasteiger partial charge is 0.0648 e. The molecule has 0 rings (SSSR count). The highest BCUT2D eigenvalue weighted by Crippen LogP contribution is 2.60. The maximum Gasteiger partial charge on any atom is 0.0648 e. The summed E-state index contributed by atoms with van der Waals surface area (Å²) in [6.45, 7) is 27.1. The Balaban J connectivity index is -0.0000000845. The fraction of sp³-hybridized carbons (Fsp3) is 1.00. The fourth-order valence-corrected chi connectivity index (χ4v) is 9.20. The molecule has 0 fully saturated rings. The molecule has 0 aromatic rings. The normalized spacial score (nSPS) is 10.6. The molecule has 0 nitrogen and oxygen atoms in total. The number of hydrogen-bond donors (Lipinski definition) is 0. The fourth-order valence-electron chi connectivity index (χ4n) is 3.07. The molecular formula is C31H86P6+6. The zero-order valence-electron chi connectivity index (χ0n) is 29.1. The lowest BCUT2D eigenvalue weighted by Crippen LogP contribution is -2.10. The molecule has 37 heavy (non-hydrogen) atoms. The van der Waals surface area contributed by atoms with Gasteiger partial charge in [0.15, 0.2) is 0 Å². The Kier molecular flexibility index (Phi) is 64.3. The van der Waals surface area contributed by atoms with Crippen molar-refractivity contribution in [2.45, 2.75) is 146 Å². The third-order valence-corrected chi connectivity index (χ3v) is 13.4. The highest BCUT2D eigenvalue weighted by molar-refractivity contribution is 7.75. The van der Waals surface area contributed by atoms with Gasteiger partial charge in [-0.05, 0) is 118 Å². The highest BCUT2D eigenvalue weighted by Gasteiger charge is 2.32. The van der Waals surface area contributed by atoms with Crippen LogP contribution in [0.15, 0.2) is 0 Å². The second-order valence-corrected chi connectivity index (χ2v) is 21.0. The molecule has 5 unspecified atom stereocenters. The molecule has 0 bridgehead atoms. The van der Waals surface area contributed by atoms with Crippen LogP contribution in [0.3, 0.4) is 0 Å². The lowest BCUT2D eigenvalue weighted by molar-refractivity contribution is 0.750. The van der Waals surface area contributed by atoms with Crippen molar-refractivity contribution in [1.29, 1.82) is 0 Å². The maximum atomic E-state index is 2.36. The quantitative estimate of drug-likeness (QED) is 0.165. The zero-order chi connectivity index (χ0) is 30.6. The van der Waals surface area contributed by atoms with Crippen LogP contribution in [0.2, 0.25) is 0 Å². The van der Waals surface area contributed by atoms with Crippen LogP contribution < -0.4 is 0 Å². The van der Waals surface area contributed by atoms with Gasteiger partial charge in [0.05, 0.1) is 54.5 Å². The maximum absolute atomic E-state index is 2.36. The lowest BCUT2D eigenvalue weighted by Gasteiger charge is -2.26. The van der Waals surface area contributed by atoms with Gasteiger partial charge in [0.1, 0.15) is 0 Å². The van der Waals surface area contributed by atoms with Crippen LogP contribution in [0.25, 0.3) is 0 Å². The van der Waals surface area contributed by atoms with Gasteiger partial charge in [0, 0.05) is 7.26 Å². The van der Waals surface area contributed by atoms with Crippen molar-refractivity contribution in [2.75, 3.05) is 49.3 Å². The molecule has 234 valence electrons. The van der Waals surface area contributed by atoms with Gasteiger partial charge in [-0.3, -0.25) is 0 Å². The molecular weight excluding hydrogens is 558 g/mol. The van der Waals surface area contributed by atoms with Gasteiger partial charge in [-0.2, -0.15) is 0 Å². The molecule has 5 atom stereocenters. The molecule has 0 aromatic carbocycles. The van der Waals surface area contributed by atoms with Gasteiger partial charge in [-0.25, -0.2) is 0 Å². The molecule has 0 saturated carbocycles. The number of hydrogen-bond acceptors (Lipinski definition) is 0. The Labute approximate surface area is 253 Å². The molecule has 6 heteroatoms. The average Bonchev–Trinajstić information content (AvgIpc) is 2.81. The summed E-state index contributed by atoms with van der Waals surface area (Å²) in [7, 11) is 9.67. The summed E-state index contributed by atoms with van der Waals surface area (Å²) in [4.78, 5) is 0. The van der Waals surface area contributed by atoms with E-state index in [2.05, 4.69) is 83.1 Å². The topological polar surface area (TPSA) is 0 Å². The minimum Gasteiger partial charge on any atom is -0.0652 e. The second-order valence-electron chi connectivity index (χ2n) is 11.7. The van der Waals surface area contributed by atoms with Crippen molar-refractivity contribution >= 4 is 53.5 Å². The first-order valence-electron chi connectivity index (χ1n) is 16.1. The van der Waals surface area contributed by atoms with Crippen LogP contribution in [-0.4, -0.2) is 54.5 Å². The van der Waals surface area contributed by atoms with Crippen LogP contribution >= 0.6 is 53.5 Å². The van der Waals surface area contributed by atoms with Gasteiger partial charge in [-0.1, -0.05) is 75.2 Å². The third-order valence-electron chi connectivity index (χ3n) is 4.93. The van der Waals surface area contributed by atoms with Gasteiger partial charge in [0.25, 0.3) is 0 Å². The first kappa shape index (κ1) is 52.2. The molecule has 0 amide bonds. The van der Waals surface area contributed by atoms with Crippen molar-refractivity contribution in [1.82, 2.24) is 0 Å². The van der Waals surface area contributed by atoms with E-state index in [1.165, 1.54) is 82.4 Å². The minimum absolute atomic E-state index is 0.496. The van der Waals surface area contributed by atoms with E-state index in [-0.39, 0.29) is 0 Å². The van der Waals surface area contributed by atoms with Gasteiger partial charge in [-0.15, -0.1) is 0 Å². The molecule has 0 aromatic heterocycles.